The van der Waals surface area contributed by atoms with E-state index in [4.69, 9.17) is 9.47 Å². The number of phenolic OH excluding ortho intramolecular Hbond substituents is 1. The molecule has 0 saturated heterocycles. The number of fused-ring (bicyclic) bond motifs is 1. The highest BCUT2D eigenvalue weighted by atomic mass is 16.6. The summed E-state index contributed by atoms with van der Waals surface area (Å²) in [4.78, 5) is 32.1. The molecule has 1 aliphatic rings. The minimum Gasteiger partial charge on any atom is -0.502 e. The molecule has 2 N–H and O–H groups in total. The van der Waals surface area contributed by atoms with Gasteiger partial charge in [0.05, 0.1) is 27.7 Å². The van der Waals surface area contributed by atoms with Crippen molar-refractivity contribution in [2.24, 2.45) is 5.10 Å². The Hall–Kier alpha value is -4.22. The molecule has 12 heteroatoms. The van der Waals surface area contributed by atoms with Gasteiger partial charge in [0.1, 0.15) is 6.61 Å². The van der Waals surface area contributed by atoms with Gasteiger partial charge in [-0.25, -0.2) is 5.43 Å². The molecule has 0 aliphatic carbocycles. The second-order valence-electron chi connectivity index (χ2n) is 5.52. The van der Waals surface area contributed by atoms with E-state index in [1.54, 1.807) is 24.3 Å². The molecule has 0 fully saturated rings. The monoisotopic (exact) mass is 388 g/mol. The first-order valence-electron chi connectivity index (χ1n) is 7.74. The van der Waals surface area contributed by atoms with Gasteiger partial charge in [-0.3, -0.25) is 25.0 Å². The number of hydrogen-bond acceptors (Lipinski definition) is 9. The van der Waals surface area contributed by atoms with Gasteiger partial charge in [0, 0.05) is 6.07 Å². The lowest BCUT2D eigenvalue weighted by molar-refractivity contribution is -0.394. The summed E-state index contributed by atoms with van der Waals surface area (Å²) in [7, 11) is 0. The van der Waals surface area contributed by atoms with E-state index in [9.17, 15) is 30.1 Å². The van der Waals surface area contributed by atoms with Gasteiger partial charge in [-0.1, -0.05) is 12.1 Å². The maximum atomic E-state index is 12.1. The minimum atomic E-state index is -1.000. The highest BCUT2D eigenvalue weighted by Gasteiger charge is 2.27. The largest absolute Gasteiger partial charge is 0.502 e. The number of para-hydroxylation sites is 2. The maximum Gasteiger partial charge on any atom is 0.318 e. The molecule has 0 bridgehead atoms. The summed E-state index contributed by atoms with van der Waals surface area (Å²) < 4.78 is 10.9. The van der Waals surface area contributed by atoms with E-state index in [1.165, 1.54) is 0 Å². The van der Waals surface area contributed by atoms with Gasteiger partial charge >= 0.3 is 5.69 Å². The van der Waals surface area contributed by atoms with Crippen molar-refractivity contribution >= 4 is 23.5 Å². The molecule has 2 aromatic carbocycles. The van der Waals surface area contributed by atoms with Gasteiger partial charge in [-0.2, -0.15) is 5.10 Å². The van der Waals surface area contributed by atoms with Crippen molar-refractivity contribution < 1.29 is 29.2 Å². The fraction of sp³-hybridized carbons (Fsp3) is 0.125. The molecule has 28 heavy (non-hydrogen) atoms. The summed E-state index contributed by atoms with van der Waals surface area (Å²) in [5, 5.41) is 35.2. The summed E-state index contributed by atoms with van der Waals surface area (Å²) in [6.07, 6.45) is -0.148. The number of benzene rings is 2. The van der Waals surface area contributed by atoms with Crippen LogP contribution >= 0.6 is 0 Å². The fourth-order valence-electron chi connectivity index (χ4n) is 2.35. The van der Waals surface area contributed by atoms with Crippen LogP contribution in [0.1, 0.15) is 5.56 Å². The number of amides is 1. The topological polar surface area (TPSA) is 166 Å². The zero-order valence-electron chi connectivity index (χ0n) is 14.0. The summed E-state index contributed by atoms with van der Waals surface area (Å²) in [6.45, 7) is -0.0636. The quantitative estimate of drug-likeness (QED) is 0.441. The van der Waals surface area contributed by atoms with Crippen LogP contribution in [0.25, 0.3) is 0 Å². The van der Waals surface area contributed by atoms with Crippen molar-refractivity contribution in [1.29, 1.82) is 0 Å². The molecule has 1 unspecified atom stereocenters. The van der Waals surface area contributed by atoms with Gasteiger partial charge in [0.25, 0.3) is 11.6 Å². The average Bonchev–Trinajstić information content (AvgIpc) is 2.68. The molecule has 0 radical (unpaired) electrons. The summed E-state index contributed by atoms with van der Waals surface area (Å²) in [6, 6.07) is 8.26. The molecule has 3 rings (SSSR count). The SMILES string of the molecule is O=C(NN=Cc1cc([N+](=O)[O-])cc([N+](=O)[O-])c1O)C1COc2ccccc2O1. The van der Waals surface area contributed by atoms with Crippen LogP contribution in [0.2, 0.25) is 0 Å². The predicted molar refractivity (Wildman–Crippen MR) is 93.5 cm³/mol. The van der Waals surface area contributed by atoms with Gasteiger partial charge in [-0.15, -0.1) is 0 Å². The van der Waals surface area contributed by atoms with E-state index in [2.05, 4.69) is 10.5 Å². The highest BCUT2D eigenvalue weighted by molar-refractivity contribution is 5.89. The van der Waals surface area contributed by atoms with Crippen LogP contribution in [0.3, 0.4) is 0 Å². The number of rotatable bonds is 5. The van der Waals surface area contributed by atoms with Crippen LogP contribution in [-0.2, 0) is 4.79 Å². The molecule has 144 valence electrons. The number of nitrogens with one attached hydrogen (secondary N) is 1. The van der Waals surface area contributed by atoms with E-state index in [0.29, 0.717) is 17.6 Å². The molecule has 0 aromatic heterocycles. The number of nitro groups is 2. The molecule has 0 saturated carbocycles. The Kier molecular flexibility index (Phi) is 5.02. The van der Waals surface area contributed by atoms with E-state index in [1.807, 2.05) is 0 Å². The number of hydrogen-bond donors (Lipinski definition) is 2. The molecule has 1 aliphatic heterocycles. The number of aromatic hydroxyl groups is 1. The number of nitro benzene ring substituents is 2. The number of phenols is 1. The Balaban J connectivity index is 1.73. The first-order chi connectivity index (χ1) is 13.4. The molecule has 0 spiro atoms. The third-order valence-electron chi connectivity index (χ3n) is 3.69. The molecular weight excluding hydrogens is 376 g/mol. The van der Waals surface area contributed by atoms with E-state index >= 15 is 0 Å². The van der Waals surface area contributed by atoms with Crippen LogP contribution in [0, 0.1) is 20.2 Å². The lowest BCUT2D eigenvalue weighted by Gasteiger charge is -2.24. The molecule has 1 heterocycles. The van der Waals surface area contributed by atoms with Crippen LogP contribution in [0.4, 0.5) is 11.4 Å². The zero-order chi connectivity index (χ0) is 20.3. The third kappa shape index (κ3) is 3.80. The van der Waals surface area contributed by atoms with Crippen LogP contribution < -0.4 is 14.9 Å². The Bertz CT molecular complexity index is 991. The third-order valence-corrected chi connectivity index (χ3v) is 3.69. The number of hydrazone groups is 1. The first-order valence-corrected chi connectivity index (χ1v) is 7.74. The molecule has 1 amide bonds. The minimum absolute atomic E-state index is 0.0636. The van der Waals surface area contributed by atoms with Crippen molar-refractivity contribution in [3.8, 4) is 17.2 Å². The normalized spacial score (nSPS) is 15.2. The van der Waals surface area contributed by atoms with Crippen molar-refractivity contribution in [3.63, 3.8) is 0 Å². The number of ether oxygens (including phenoxy) is 2. The van der Waals surface area contributed by atoms with Crippen molar-refractivity contribution in [1.82, 2.24) is 5.43 Å². The Morgan fingerprint density at radius 3 is 2.61 bits per heavy atom. The second-order valence-corrected chi connectivity index (χ2v) is 5.52. The van der Waals surface area contributed by atoms with Gasteiger partial charge in [-0.05, 0) is 12.1 Å². The molecule has 12 nitrogen and oxygen atoms in total. The molecule has 1 atom stereocenters. The van der Waals surface area contributed by atoms with Crippen molar-refractivity contribution in [2.45, 2.75) is 6.10 Å². The van der Waals surface area contributed by atoms with Crippen molar-refractivity contribution in [2.75, 3.05) is 6.61 Å². The zero-order valence-corrected chi connectivity index (χ0v) is 14.0. The Morgan fingerprint density at radius 2 is 1.93 bits per heavy atom. The van der Waals surface area contributed by atoms with Gasteiger partial charge in [0.15, 0.2) is 11.5 Å². The van der Waals surface area contributed by atoms with E-state index in [-0.39, 0.29) is 12.2 Å². The second kappa shape index (κ2) is 7.57. The highest BCUT2D eigenvalue weighted by Crippen LogP contribution is 2.33. The summed E-state index contributed by atoms with van der Waals surface area (Å²) in [5.41, 5.74) is 0.347. The lowest BCUT2D eigenvalue weighted by Crippen LogP contribution is -2.42. The first kappa shape index (κ1) is 18.6. The molecular formula is C16H12N4O8. The summed E-state index contributed by atoms with van der Waals surface area (Å²) in [5.74, 6) is -0.626. The van der Waals surface area contributed by atoms with Gasteiger partial charge in [0.2, 0.25) is 11.9 Å². The van der Waals surface area contributed by atoms with Crippen LogP contribution in [-0.4, -0.2) is 39.8 Å². The maximum absolute atomic E-state index is 12.1. The predicted octanol–water partition coefficient (Wildman–Crippen LogP) is 1.50. The van der Waals surface area contributed by atoms with Crippen LogP contribution in [0.5, 0.6) is 17.2 Å². The van der Waals surface area contributed by atoms with E-state index < -0.39 is 39.0 Å². The fourth-order valence-corrected chi connectivity index (χ4v) is 2.35. The summed E-state index contributed by atoms with van der Waals surface area (Å²) >= 11 is 0. The Labute approximate surface area is 156 Å². The smallest absolute Gasteiger partial charge is 0.318 e. The van der Waals surface area contributed by atoms with Crippen molar-refractivity contribution in [3.05, 3.63) is 62.2 Å². The number of non-ortho nitro benzene ring substituents is 1. The van der Waals surface area contributed by atoms with Crippen LogP contribution in [0.15, 0.2) is 41.5 Å². The number of carbonyl (C=O) groups excluding carboxylic acids is 1. The lowest BCUT2D eigenvalue weighted by atomic mass is 10.1. The number of carbonyl (C=O) groups is 1. The van der Waals surface area contributed by atoms with Gasteiger partial charge < -0.3 is 14.6 Å². The average molecular weight is 388 g/mol. The standard InChI is InChI=1S/C16H12N4O8/c21-15-9(5-10(19(23)24)6-11(15)20(25)26)7-17-18-16(22)14-8-27-12-3-1-2-4-13(12)28-14/h1-7,14,21H,8H2,(H,18,22). The number of nitrogens with zero attached hydrogens (tertiary/aromatic N) is 3. The molecule has 2 aromatic rings. The van der Waals surface area contributed by atoms with E-state index in [0.717, 1.165) is 12.3 Å². The Morgan fingerprint density at radius 1 is 1.21 bits per heavy atom.